The lowest BCUT2D eigenvalue weighted by Crippen LogP contribution is -2.14. The molecule has 0 heterocycles. The van der Waals surface area contributed by atoms with Crippen molar-refractivity contribution in [1.82, 2.24) is 0 Å². The minimum absolute atomic E-state index is 0.399. The average Bonchev–Trinajstić information content (AvgIpc) is 2.64. The van der Waals surface area contributed by atoms with Crippen LogP contribution in [-0.2, 0) is 19.1 Å². The summed E-state index contributed by atoms with van der Waals surface area (Å²) in [6.07, 6.45) is 19.3. The Kier molecular flexibility index (Phi) is 12.7. The molecule has 1 atom stereocenters. The molecule has 25 heavy (non-hydrogen) atoms. The number of allylic oxidation sites excluding steroid dienone is 2. The second-order valence-electron chi connectivity index (χ2n) is 6.76. The fourth-order valence-corrected chi connectivity index (χ4v) is 2.85. The van der Waals surface area contributed by atoms with Gasteiger partial charge < -0.3 is 9.47 Å². The number of hydrogen-bond acceptors (Lipinski definition) is 4. The van der Waals surface area contributed by atoms with Gasteiger partial charge in [-0.05, 0) is 31.6 Å². The lowest BCUT2D eigenvalue weighted by molar-refractivity contribution is -0.141. The van der Waals surface area contributed by atoms with Crippen LogP contribution >= 0.6 is 0 Å². The van der Waals surface area contributed by atoms with Gasteiger partial charge in [0.1, 0.15) is 0 Å². The third-order valence-corrected chi connectivity index (χ3v) is 4.44. The van der Waals surface area contributed by atoms with Gasteiger partial charge in [-0.1, -0.05) is 64.0 Å². The summed E-state index contributed by atoms with van der Waals surface area (Å²) in [6, 6.07) is 0. The summed E-state index contributed by atoms with van der Waals surface area (Å²) in [5, 5.41) is 0. The van der Waals surface area contributed by atoms with Gasteiger partial charge >= 0.3 is 11.9 Å². The molecule has 0 aromatic rings. The summed E-state index contributed by atoms with van der Waals surface area (Å²) >= 11 is 0. The Morgan fingerprint density at radius 2 is 1.56 bits per heavy atom. The van der Waals surface area contributed by atoms with E-state index in [9.17, 15) is 9.59 Å². The lowest BCUT2D eigenvalue weighted by atomic mass is 9.95. The van der Waals surface area contributed by atoms with Crippen molar-refractivity contribution in [3.8, 4) is 0 Å². The molecule has 0 saturated heterocycles. The molecule has 0 bridgehead atoms. The Labute approximate surface area is 152 Å². The maximum absolute atomic E-state index is 11.6. The van der Waals surface area contributed by atoms with Crippen LogP contribution in [0.1, 0.15) is 77.6 Å². The molecule has 0 amide bonds. The zero-order valence-electron chi connectivity index (χ0n) is 15.7. The molecule has 1 rings (SSSR count). The van der Waals surface area contributed by atoms with Crippen LogP contribution in [0.15, 0.2) is 24.3 Å². The highest BCUT2D eigenvalue weighted by Gasteiger charge is 2.11. The topological polar surface area (TPSA) is 52.6 Å². The van der Waals surface area contributed by atoms with Crippen molar-refractivity contribution < 1.29 is 19.1 Å². The number of rotatable bonds is 13. The maximum Gasteiger partial charge on any atom is 0.331 e. The molecule has 0 aromatic carbocycles. The van der Waals surface area contributed by atoms with Gasteiger partial charge in [0.2, 0.25) is 0 Å². The number of carbonyl (C=O) groups is 2. The Morgan fingerprint density at radius 3 is 2.20 bits per heavy atom. The van der Waals surface area contributed by atoms with E-state index in [1.165, 1.54) is 38.5 Å². The first-order valence-electron chi connectivity index (χ1n) is 9.89. The van der Waals surface area contributed by atoms with Crippen molar-refractivity contribution in [2.45, 2.75) is 77.6 Å². The molecule has 1 unspecified atom stereocenters. The van der Waals surface area contributed by atoms with Crippen LogP contribution in [0.25, 0.3) is 0 Å². The van der Waals surface area contributed by atoms with Gasteiger partial charge in [0.25, 0.3) is 0 Å². The Morgan fingerprint density at radius 1 is 0.920 bits per heavy atom. The molecule has 4 nitrogen and oxygen atoms in total. The highest BCUT2D eigenvalue weighted by atomic mass is 16.5. The van der Waals surface area contributed by atoms with Gasteiger partial charge in [-0.25, -0.2) is 9.59 Å². The van der Waals surface area contributed by atoms with E-state index < -0.39 is 11.9 Å². The van der Waals surface area contributed by atoms with Crippen LogP contribution < -0.4 is 0 Å². The van der Waals surface area contributed by atoms with Gasteiger partial charge in [0.15, 0.2) is 0 Å². The Balaban J connectivity index is 1.96. The second-order valence-corrected chi connectivity index (χ2v) is 6.76. The number of hydrogen-bond donors (Lipinski definition) is 0. The molecule has 0 fully saturated rings. The van der Waals surface area contributed by atoms with E-state index in [-0.39, 0.29) is 0 Å². The summed E-state index contributed by atoms with van der Waals surface area (Å²) in [4.78, 5) is 23.1. The number of ether oxygens (including phenoxy) is 2. The predicted molar refractivity (Wildman–Crippen MR) is 100 cm³/mol. The van der Waals surface area contributed by atoms with Crippen LogP contribution in [-0.4, -0.2) is 25.2 Å². The van der Waals surface area contributed by atoms with E-state index in [0.29, 0.717) is 19.1 Å². The third kappa shape index (κ3) is 12.4. The zero-order chi connectivity index (χ0) is 18.2. The zero-order valence-corrected chi connectivity index (χ0v) is 15.7. The quantitative estimate of drug-likeness (QED) is 0.200. The van der Waals surface area contributed by atoms with Crippen LogP contribution in [0.2, 0.25) is 0 Å². The summed E-state index contributed by atoms with van der Waals surface area (Å²) in [6.45, 7) is 3.05. The minimum atomic E-state index is -0.474. The molecule has 0 radical (unpaired) electrons. The van der Waals surface area contributed by atoms with Crippen LogP contribution in [0.3, 0.4) is 0 Å². The van der Waals surface area contributed by atoms with E-state index in [1.54, 1.807) is 0 Å². The number of carbonyl (C=O) groups excluding carboxylic acids is 2. The third-order valence-electron chi connectivity index (χ3n) is 4.44. The van der Waals surface area contributed by atoms with Gasteiger partial charge in [-0.3, -0.25) is 0 Å². The normalized spacial score (nSPS) is 16.9. The SMILES string of the molecule is CCCCCCCCCCOC(=O)/C=C/C(=O)OCC1CC=CCC1. The lowest BCUT2D eigenvalue weighted by Gasteiger charge is -2.16. The first kappa shape index (κ1) is 21.5. The molecule has 1 aliphatic carbocycles. The van der Waals surface area contributed by atoms with Crippen molar-refractivity contribution in [1.29, 1.82) is 0 Å². The van der Waals surface area contributed by atoms with Gasteiger partial charge in [-0.2, -0.15) is 0 Å². The molecular weight excluding hydrogens is 316 g/mol. The monoisotopic (exact) mass is 350 g/mol. The highest BCUT2D eigenvalue weighted by molar-refractivity contribution is 5.91. The largest absolute Gasteiger partial charge is 0.463 e. The Bertz CT molecular complexity index is 426. The average molecular weight is 350 g/mol. The van der Waals surface area contributed by atoms with E-state index in [2.05, 4.69) is 19.1 Å². The molecular formula is C21H34O4. The predicted octanol–water partition coefficient (Wildman–Crippen LogP) is 5.13. The summed E-state index contributed by atoms with van der Waals surface area (Å²) in [7, 11) is 0. The van der Waals surface area contributed by atoms with Crippen molar-refractivity contribution in [2.75, 3.05) is 13.2 Å². The van der Waals surface area contributed by atoms with Crippen LogP contribution in [0.4, 0.5) is 0 Å². The first-order valence-corrected chi connectivity index (χ1v) is 9.89. The van der Waals surface area contributed by atoms with Crippen LogP contribution in [0.5, 0.6) is 0 Å². The molecule has 0 aliphatic heterocycles. The molecule has 0 N–H and O–H groups in total. The minimum Gasteiger partial charge on any atom is -0.463 e. The van der Waals surface area contributed by atoms with E-state index in [0.717, 1.165) is 44.3 Å². The van der Waals surface area contributed by atoms with Gasteiger partial charge in [-0.15, -0.1) is 0 Å². The molecule has 1 aliphatic rings. The van der Waals surface area contributed by atoms with Crippen molar-refractivity contribution >= 4 is 11.9 Å². The molecule has 0 spiro atoms. The highest BCUT2D eigenvalue weighted by Crippen LogP contribution is 2.18. The summed E-state index contributed by atoms with van der Waals surface area (Å²) < 4.78 is 10.3. The van der Waals surface area contributed by atoms with E-state index in [1.807, 2.05) is 0 Å². The standard InChI is InChI=1S/C21H34O4/c1-2-3-4-5-6-7-8-12-17-24-20(22)15-16-21(23)25-18-19-13-10-9-11-14-19/h9-10,15-16,19H,2-8,11-14,17-18H2,1H3/b16-15+. The molecule has 4 heteroatoms. The summed E-state index contributed by atoms with van der Waals surface area (Å²) in [5.41, 5.74) is 0. The second kappa shape index (κ2) is 14.7. The molecule has 142 valence electrons. The van der Waals surface area contributed by atoms with Crippen molar-refractivity contribution in [2.24, 2.45) is 5.92 Å². The fraction of sp³-hybridized carbons (Fsp3) is 0.714. The van der Waals surface area contributed by atoms with E-state index in [4.69, 9.17) is 9.47 Å². The van der Waals surface area contributed by atoms with Crippen molar-refractivity contribution in [3.05, 3.63) is 24.3 Å². The van der Waals surface area contributed by atoms with E-state index >= 15 is 0 Å². The van der Waals surface area contributed by atoms with Crippen LogP contribution in [0, 0.1) is 5.92 Å². The van der Waals surface area contributed by atoms with Crippen molar-refractivity contribution in [3.63, 3.8) is 0 Å². The van der Waals surface area contributed by atoms with Gasteiger partial charge in [0, 0.05) is 12.2 Å². The smallest absolute Gasteiger partial charge is 0.331 e. The van der Waals surface area contributed by atoms with Gasteiger partial charge in [0.05, 0.1) is 13.2 Å². The number of esters is 2. The fourth-order valence-electron chi connectivity index (χ4n) is 2.85. The number of unbranched alkanes of at least 4 members (excludes halogenated alkanes) is 7. The molecule has 0 saturated carbocycles. The Hall–Kier alpha value is -1.58. The first-order chi connectivity index (χ1) is 12.2. The molecule has 0 aromatic heterocycles. The summed E-state index contributed by atoms with van der Waals surface area (Å²) in [5.74, 6) is -0.546. The maximum atomic E-state index is 11.6.